The van der Waals surface area contributed by atoms with Crippen LogP contribution >= 0.6 is 0 Å². The smallest absolute Gasteiger partial charge is 0.136 e. The second-order valence-corrected chi connectivity index (χ2v) is 8.90. The summed E-state index contributed by atoms with van der Waals surface area (Å²) in [5.41, 5.74) is 4.12. The zero-order chi connectivity index (χ0) is 22.5. The molecule has 0 spiro atoms. The van der Waals surface area contributed by atoms with Gasteiger partial charge in [-0.2, -0.15) is 10.4 Å². The number of pyridine rings is 1. The Morgan fingerprint density at radius 3 is 2.66 bits per heavy atom. The van der Waals surface area contributed by atoms with Gasteiger partial charge in [-0.1, -0.05) is 6.07 Å². The maximum Gasteiger partial charge on any atom is 0.136 e. The van der Waals surface area contributed by atoms with Crippen LogP contribution in [-0.2, 0) is 0 Å². The summed E-state index contributed by atoms with van der Waals surface area (Å²) in [6.07, 6.45) is 10.5. The molecule has 0 radical (unpaired) electrons. The summed E-state index contributed by atoms with van der Waals surface area (Å²) in [5, 5.41) is 17.4. The molecule has 3 aromatic rings. The number of ether oxygens (including phenoxy) is 1. The average Bonchev–Trinajstić information content (AvgIpc) is 3.34. The van der Waals surface area contributed by atoms with Crippen LogP contribution in [0.25, 0.3) is 11.1 Å². The molecule has 166 valence electrons. The first kappa shape index (κ1) is 21.9. The molecule has 0 bridgehead atoms. The van der Waals surface area contributed by atoms with Crippen LogP contribution in [0.4, 0.5) is 5.82 Å². The first-order valence-corrected chi connectivity index (χ1v) is 11.4. The topological polar surface area (TPSA) is 75.8 Å². The van der Waals surface area contributed by atoms with E-state index in [1.54, 1.807) is 7.11 Å². The van der Waals surface area contributed by atoms with Crippen LogP contribution in [0.3, 0.4) is 0 Å². The van der Waals surface area contributed by atoms with Crippen molar-refractivity contribution in [2.24, 2.45) is 5.92 Å². The van der Waals surface area contributed by atoms with Crippen LogP contribution < -0.4 is 10.1 Å². The Morgan fingerprint density at radius 1 is 1.16 bits per heavy atom. The van der Waals surface area contributed by atoms with Crippen molar-refractivity contribution in [1.29, 1.82) is 5.26 Å². The van der Waals surface area contributed by atoms with Crippen LogP contribution in [0.1, 0.15) is 62.6 Å². The van der Waals surface area contributed by atoms with Gasteiger partial charge in [0.1, 0.15) is 17.6 Å². The summed E-state index contributed by atoms with van der Waals surface area (Å²) < 4.78 is 7.25. The lowest BCUT2D eigenvalue weighted by molar-refractivity contribution is 0.338. The number of nitriles is 1. The second-order valence-electron chi connectivity index (χ2n) is 8.90. The molecule has 2 heterocycles. The van der Waals surface area contributed by atoms with Crippen LogP contribution in [0.15, 0.2) is 48.9 Å². The first-order valence-electron chi connectivity index (χ1n) is 11.4. The first-order chi connectivity index (χ1) is 15.6. The highest BCUT2D eigenvalue weighted by Gasteiger charge is 2.23. The Labute approximate surface area is 190 Å². The third kappa shape index (κ3) is 4.94. The minimum Gasteiger partial charge on any atom is -0.495 e. The van der Waals surface area contributed by atoms with Gasteiger partial charge in [-0.15, -0.1) is 0 Å². The van der Waals surface area contributed by atoms with E-state index in [0.717, 1.165) is 36.3 Å². The van der Waals surface area contributed by atoms with Crippen molar-refractivity contribution >= 4 is 5.82 Å². The lowest BCUT2D eigenvalue weighted by Crippen LogP contribution is -2.21. The van der Waals surface area contributed by atoms with E-state index in [0.29, 0.717) is 29.2 Å². The molecule has 6 nitrogen and oxygen atoms in total. The Morgan fingerprint density at radius 2 is 1.97 bits per heavy atom. The number of benzene rings is 1. The number of hydrogen-bond donors (Lipinski definition) is 1. The number of nitrogens with one attached hydrogen (secondary N) is 1. The molecule has 1 N–H and O–H groups in total. The molecule has 1 aliphatic rings. The number of nitrogens with zero attached hydrogens (tertiary/aromatic N) is 4. The van der Waals surface area contributed by atoms with E-state index in [1.807, 2.05) is 35.3 Å². The number of methoxy groups -OCH3 is 1. The fraction of sp³-hybridized carbons (Fsp3) is 0.423. The summed E-state index contributed by atoms with van der Waals surface area (Å²) in [5.74, 6) is 2.72. The summed E-state index contributed by atoms with van der Waals surface area (Å²) in [6, 6.07) is 12.8. The molecule has 6 heteroatoms. The molecule has 1 aliphatic carbocycles. The molecule has 2 aromatic heterocycles. The molecule has 1 fully saturated rings. The standard InChI is InChI=1S/C26H31N5O/c1-18(2)31-17-24(16-30-31)22-10-11-28-26(13-22)29-15-19-4-6-20(7-5-19)21-8-9-25(32-3)23(12-21)14-27/h8-13,16-20H,4-7,15H2,1-3H3,(H,28,29)/t19-,20-. The van der Waals surface area contributed by atoms with Crippen LogP contribution in [0.5, 0.6) is 5.75 Å². The minimum absolute atomic E-state index is 0.350. The SMILES string of the molecule is COc1ccc([C@H]2CC[C@H](CNc3cc(-c4cnn(C(C)C)c4)ccn3)CC2)cc1C#N. The predicted octanol–water partition coefficient (Wildman–Crippen LogP) is 5.79. The maximum absolute atomic E-state index is 9.36. The van der Waals surface area contributed by atoms with Crippen molar-refractivity contribution in [2.45, 2.75) is 51.5 Å². The van der Waals surface area contributed by atoms with Gasteiger partial charge >= 0.3 is 0 Å². The number of rotatable bonds is 7. The van der Waals surface area contributed by atoms with E-state index in [-0.39, 0.29) is 0 Å². The highest BCUT2D eigenvalue weighted by molar-refractivity contribution is 5.64. The highest BCUT2D eigenvalue weighted by atomic mass is 16.5. The van der Waals surface area contributed by atoms with Crippen molar-refractivity contribution in [3.8, 4) is 22.9 Å². The van der Waals surface area contributed by atoms with E-state index in [1.165, 1.54) is 18.4 Å². The summed E-state index contributed by atoms with van der Waals surface area (Å²) in [6.45, 7) is 5.19. The van der Waals surface area contributed by atoms with E-state index in [2.05, 4.69) is 53.6 Å². The van der Waals surface area contributed by atoms with Gasteiger partial charge in [0.15, 0.2) is 0 Å². The normalized spacial score (nSPS) is 18.3. The van der Waals surface area contributed by atoms with Gasteiger partial charge in [-0.3, -0.25) is 4.68 Å². The number of anilines is 1. The Bertz CT molecular complexity index is 1090. The highest BCUT2D eigenvalue weighted by Crippen LogP contribution is 2.37. The predicted molar refractivity (Wildman–Crippen MR) is 127 cm³/mol. The van der Waals surface area contributed by atoms with Gasteiger partial charge in [-0.25, -0.2) is 4.98 Å². The Kier molecular flexibility index (Phi) is 6.75. The van der Waals surface area contributed by atoms with Crippen molar-refractivity contribution < 1.29 is 4.74 Å². The zero-order valence-electron chi connectivity index (χ0n) is 19.1. The molecule has 4 rings (SSSR count). The lowest BCUT2D eigenvalue weighted by atomic mass is 9.78. The minimum atomic E-state index is 0.350. The molecular formula is C26H31N5O. The molecule has 0 amide bonds. The van der Waals surface area contributed by atoms with Gasteiger partial charge in [0.25, 0.3) is 0 Å². The van der Waals surface area contributed by atoms with E-state index < -0.39 is 0 Å². The van der Waals surface area contributed by atoms with Gasteiger partial charge < -0.3 is 10.1 Å². The number of aromatic nitrogens is 3. The van der Waals surface area contributed by atoms with Crippen molar-refractivity contribution in [1.82, 2.24) is 14.8 Å². The fourth-order valence-electron chi connectivity index (χ4n) is 4.49. The molecule has 1 aromatic carbocycles. The number of hydrogen-bond acceptors (Lipinski definition) is 5. The van der Waals surface area contributed by atoms with Crippen LogP contribution in [-0.4, -0.2) is 28.4 Å². The zero-order valence-corrected chi connectivity index (χ0v) is 19.1. The molecule has 0 aliphatic heterocycles. The monoisotopic (exact) mass is 429 g/mol. The van der Waals surface area contributed by atoms with Gasteiger partial charge in [0.2, 0.25) is 0 Å². The van der Waals surface area contributed by atoms with Gasteiger partial charge in [0.05, 0.1) is 18.9 Å². The second kappa shape index (κ2) is 9.86. The molecular weight excluding hydrogens is 398 g/mol. The fourth-order valence-corrected chi connectivity index (χ4v) is 4.49. The van der Waals surface area contributed by atoms with Crippen molar-refractivity contribution in [3.05, 3.63) is 60.0 Å². The summed E-state index contributed by atoms with van der Waals surface area (Å²) >= 11 is 0. The Balaban J connectivity index is 1.32. The van der Waals surface area contributed by atoms with Crippen molar-refractivity contribution in [2.75, 3.05) is 19.0 Å². The van der Waals surface area contributed by atoms with Crippen molar-refractivity contribution in [3.63, 3.8) is 0 Å². The van der Waals surface area contributed by atoms with Gasteiger partial charge in [-0.05, 0) is 86.8 Å². The van der Waals surface area contributed by atoms with E-state index >= 15 is 0 Å². The summed E-state index contributed by atoms with van der Waals surface area (Å²) in [7, 11) is 1.61. The van der Waals surface area contributed by atoms with Crippen LogP contribution in [0, 0.1) is 17.2 Å². The maximum atomic E-state index is 9.36. The van der Waals surface area contributed by atoms with Gasteiger partial charge in [0, 0.05) is 30.5 Å². The average molecular weight is 430 g/mol. The molecule has 0 unspecified atom stereocenters. The van der Waals surface area contributed by atoms with Crippen LogP contribution in [0.2, 0.25) is 0 Å². The third-order valence-corrected chi connectivity index (χ3v) is 6.46. The molecule has 0 saturated heterocycles. The molecule has 0 atom stereocenters. The Hall–Kier alpha value is -3.33. The molecule has 1 saturated carbocycles. The van der Waals surface area contributed by atoms with E-state index in [4.69, 9.17) is 4.74 Å². The largest absolute Gasteiger partial charge is 0.495 e. The molecule has 32 heavy (non-hydrogen) atoms. The summed E-state index contributed by atoms with van der Waals surface area (Å²) in [4.78, 5) is 4.51. The lowest BCUT2D eigenvalue weighted by Gasteiger charge is -2.29. The van der Waals surface area contributed by atoms with E-state index in [9.17, 15) is 5.26 Å². The quantitative estimate of drug-likeness (QED) is 0.514. The third-order valence-electron chi connectivity index (χ3n) is 6.46.